The van der Waals surface area contributed by atoms with Crippen LogP contribution in [0.3, 0.4) is 0 Å². The van der Waals surface area contributed by atoms with Crippen molar-refractivity contribution in [2.75, 3.05) is 37.5 Å². The maximum Gasteiger partial charge on any atom is 0.135 e. The second-order valence-electron chi connectivity index (χ2n) is 8.10. The van der Waals surface area contributed by atoms with Gasteiger partial charge in [0.25, 0.3) is 0 Å². The van der Waals surface area contributed by atoms with Gasteiger partial charge in [0.15, 0.2) is 0 Å². The molecule has 0 amide bonds. The molecule has 0 spiro atoms. The topological polar surface area (TPSA) is 59.8 Å². The molecule has 3 heterocycles. The summed E-state index contributed by atoms with van der Waals surface area (Å²) in [7, 11) is 3.77. The van der Waals surface area contributed by atoms with Gasteiger partial charge in [-0.1, -0.05) is 6.07 Å². The van der Waals surface area contributed by atoms with Crippen LogP contribution < -0.4 is 15.0 Å². The standard InChI is InChI=1S/C26H27N3O3/c1-29(21-4-3-18-8-11-31-25(18)13-21)22-5-6-23-19(9-12-32-26(23)14-22)15-28-24-16-27-10-7-20(24)17-30-2/h3-8,10-11,13-14,16,19,28H,9,12,15,17H2,1-2H3/t19-/m0/s1. The quantitative estimate of drug-likeness (QED) is 0.405. The van der Waals surface area contributed by atoms with Crippen LogP contribution in [0, 0.1) is 0 Å². The Morgan fingerprint density at radius 3 is 2.91 bits per heavy atom. The number of benzene rings is 2. The molecule has 2 aromatic heterocycles. The molecule has 1 aliphatic rings. The zero-order valence-corrected chi connectivity index (χ0v) is 18.4. The van der Waals surface area contributed by atoms with Gasteiger partial charge in [0, 0.05) is 67.3 Å². The SMILES string of the molecule is COCc1ccncc1NC[C@@H]1CCOc2cc(N(C)c3ccc4ccoc4c3)ccc21. The van der Waals surface area contributed by atoms with Crippen molar-refractivity contribution in [3.63, 3.8) is 0 Å². The minimum absolute atomic E-state index is 0.369. The average molecular weight is 430 g/mol. The van der Waals surface area contributed by atoms with Gasteiger partial charge in [-0.25, -0.2) is 0 Å². The highest BCUT2D eigenvalue weighted by Gasteiger charge is 2.23. The third-order valence-electron chi connectivity index (χ3n) is 6.13. The zero-order chi connectivity index (χ0) is 21.9. The van der Waals surface area contributed by atoms with Crippen molar-refractivity contribution in [1.82, 2.24) is 4.98 Å². The fraction of sp³-hybridized carbons (Fsp3) is 0.269. The van der Waals surface area contributed by atoms with Crippen LogP contribution in [0.25, 0.3) is 11.0 Å². The number of nitrogens with zero attached hydrogens (tertiary/aromatic N) is 2. The Balaban J connectivity index is 1.34. The van der Waals surface area contributed by atoms with Gasteiger partial charge in [0.1, 0.15) is 11.3 Å². The van der Waals surface area contributed by atoms with E-state index in [1.165, 1.54) is 5.56 Å². The molecule has 2 aromatic carbocycles. The van der Waals surface area contributed by atoms with E-state index in [-0.39, 0.29) is 0 Å². The van der Waals surface area contributed by atoms with Gasteiger partial charge in [-0.2, -0.15) is 0 Å². The van der Waals surface area contributed by atoms with Gasteiger partial charge >= 0.3 is 0 Å². The highest BCUT2D eigenvalue weighted by atomic mass is 16.5. The van der Waals surface area contributed by atoms with Crippen molar-refractivity contribution in [3.8, 4) is 5.75 Å². The van der Waals surface area contributed by atoms with Crippen LogP contribution in [0.2, 0.25) is 0 Å². The Morgan fingerprint density at radius 2 is 2.00 bits per heavy atom. The van der Waals surface area contributed by atoms with Crippen molar-refractivity contribution < 1.29 is 13.9 Å². The van der Waals surface area contributed by atoms with E-state index in [9.17, 15) is 0 Å². The third kappa shape index (κ3) is 4.01. The van der Waals surface area contributed by atoms with E-state index in [0.717, 1.165) is 52.3 Å². The number of hydrogen-bond acceptors (Lipinski definition) is 6. The summed E-state index contributed by atoms with van der Waals surface area (Å²) in [6.07, 6.45) is 6.36. The molecule has 6 heteroatoms. The van der Waals surface area contributed by atoms with Gasteiger partial charge in [0.2, 0.25) is 0 Å². The smallest absolute Gasteiger partial charge is 0.135 e. The number of nitrogens with one attached hydrogen (secondary N) is 1. The summed E-state index contributed by atoms with van der Waals surface area (Å²) in [5.74, 6) is 1.32. The number of ether oxygens (including phenoxy) is 2. The molecule has 164 valence electrons. The summed E-state index contributed by atoms with van der Waals surface area (Å²) in [5, 5.41) is 4.67. The van der Waals surface area contributed by atoms with Crippen molar-refractivity contribution in [2.45, 2.75) is 18.9 Å². The van der Waals surface area contributed by atoms with Crippen molar-refractivity contribution in [1.29, 1.82) is 0 Å². The molecule has 0 unspecified atom stereocenters. The summed E-state index contributed by atoms with van der Waals surface area (Å²) in [4.78, 5) is 6.41. The summed E-state index contributed by atoms with van der Waals surface area (Å²) >= 11 is 0. The van der Waals surface area contributed by atoms with Crippen LogP contribution in [0.4, 0.5) is 17.1 Å². The summed E-state index contributed by atoms with van der Waals surface area (Å²) in [6, 6.07) is 16.7. The van der Waals surface area contributed by atoms with Gasteiger partial charge in [-0.05, 0) is 42.3 Å². The second-order valence-corrected chi connectivity index (χ2v) is 8.10. The lowest BCUT2D eigenvalue weighted by Crippen LogP contribution is -2.21. The normalized spacial score (nSPS) is 15.2. The Kier molecular flexibility index (Phi) is 5.69. The fourth-order valence-electron chi connectivity index (χ4n) is 4.27. The lowest BCUT2D eigenvalue weighted by atomic mass is 9.92. The first-order chi connectivity index (χ1) is 15.7. The Labute approximate surface area is 187 Å². The monoisotopic (exact) mass is 429 g/mol. The highest BCUT2D eigenvalue weighted by molar-refractivity contribution is 5.82. The number of fused-ring (bicyclic) bond motifs is 2. The predicted octanol–water partition coefficient (Wildman–Crippen LogP) is 5.72. The Bertz CT molecular complexity index is 1220. The number of furan rings is 1. The molecule has 6 nitrogen and oxygen atoms in total. The molecule has 0 aliphatic carbocycles. The summed E-state index contributed by atoms with van der Waals surface area (Å²) < 4.78 is 16.9. The van der Waals surface area contributed by atoms with Crippen LogP contribution >= 0.6 is 0 Å². The van der Waals surface area contributed by atoms with Gasteiger partial charge < -0.3 is 24.1 Å². The maximum absolute atomic E-state index is 6.05. The van der Waals surface area contributed by atoms with Crippen molar-refractivity contribution in [3.05, 3.63) is 78.3 Å². The van der Waals surface area contributed by atoms with E-state index in [0.29, 0.717) is 19.1 Å². The van der Waals surface area contributed by atoms with E-state index >= 15 is 0 Å². The molecule has 1 atom stereocenters. The predicted molar refractivity (Wildman–Crippen MR) is 127 cm³/mol. The molecule has 4 aromatic rings. The lowest BCUT2D eigenvalue weighted by Gasteiger charge is -2.28. The van der Waals surface area contributed by atoms with Gasteiger partial charge in [0.05, 0.1) is 31.4 Å². The minimum Gasteiger partial charge on any atom is -0.493 e. The van der Waals surface area contributed by atoms with Crippen LogP contribution in [0.15, 0.2) is 71.6 Å². The molecule has 0 saturated heterocycles. The number of pyridine rings is 1. The molecule has 0 radical (unpaired) electrons. The van der Waals surface area contributed by atoms with E-state index in [4.69, 9.17) is 13.9 Å². The van der Waals surface area contributed by atoms with Gasteiger partial charge in [-0.3, -0.25) is 4.98 Å². The largest absolute Gasteiger partial charge is 0.493 e. The first kappa shape index (κ1) is 20.4. The van der Waals surface area contributed by atoms with Gasteiger partial charge in [-0.15, -0.1) is 0 Å². The zero-order valence-electron chi connectivity index (χ0n) is 18.4. The molecular weight excluding hydrogens is 402 g/mol. The highest BCUT2D eigenvalue weighted by Crippen LogP contribution is 2.38. The summed E-state index contributed by atoms with van der Waals surface area (Å²) in [5.41, 5.74) is 6.41. The van der Waals surface area contributed by atoms with Crippen LogP contribution in [-0.4, -0.2) is 32.3 Å². The van der Waals surface area contributed by atoms with Crippen LogP contribution in [-0.2, 0) is 11.3 Å². The molecule has 0 saturated carbocycles. The maximum atomic E-state index is 6.05. The third-order valence-corrected chi connectivity index (χ3v) is 6.13. The molecular formula is C26H27N3O3. The van der Waals surface area contributed by atoms with Crippen molar-refractivity contribution in [2.24, 2.45) is 0 Å². The van der Waals surface area contributed by atoms with E-state index < -0.39 is 0 Å². The number of hydrogen-bond donors (Lipinski definition) is 1. The first-order valence-electron chi connectivity index (χ1n) is 10.9. The number of rotatable bonds is 7. The lowest BCUT2D eigenvalue weighted by molar-refractivity contribution is 0.185. The Hall–Kier alpha value is -3.51. The van der Waals surface area contributed by atoms with Crippen LogP contribution in [0.5, 0.6) is 5.75 Å². The number of anilines is 3. The molecule has 0 bridgehead atoms. The van der Waals surface area contributed by atoms with Crippen molar-refractivity contribution >= 4 is 28.0 Å². The number of aromatic nitrogens is 1. The molecule has 32 heavy (non-hydrogen) atoms. The number of methoxy groups -OCH3 is 1. The fourth-order valence-corrected chi connectivity index (χ4v) is 4.27. The van der Waals surface area contributed by atoms with E-state index in [1.54, 1.807) is 19.6 Å². The molecule has 1 N–H and O–H groups in total. The molecule has 5 rings (SSSR count). The average Bonchev–Trinajstić information content (AvgIpc) is 3.31. The molecule has 0 fully saturated rings. The Morgan fingerprint density at radius 1 is 1.12 bits per heavy atom. The van der Waals surface area contributed by atoms with E-state index in [1.807, 2.05) is 18.3 Å². The molecule has 1 aliphatic heterocycles. The summed E-state index contributed by atoms with van der Waals surface area (Å²) in [6.45, 7) is 2.10. The minimum atomic E-state index is 0.369. The van der Waals surface area contributed by atoms with E-state index in [2.05, 4.69) is 58.6 Å². The second kappa shape index (κ2) is 8.93. The first-order valence-corrected chi connectivity index (χ1v) is 10.9. The van der Waals surface area contributed by atoms with Crippen LogP contribution in [0.1, 0.15) is 23.5 Å².